The van der Waals surface area contributed by atoms with E-state index in [9.17, 15) is 8.78 Å². The van der Waals surface area contributed by atoms with E-state index in [4.69, 9.17) is 10.5 Å². The number of rotatable bonds is 6. The average Bonchev–Trinajstić information content (AvgIpc) is 3.01. The number of nitrogens with one attached hydrogen (secondary N) is 1. The Balaban J connectivity index is 1.62. The van der Waals surface area contributed by atoms with Crippen molar-refractivity contribution in [2.75, 3.05) is 11.2 Å². The number of nitrogen functional groups attached to an aromatic ring is 1. The van der Waals surface area contributed by atoms with Crippen LogP contribution < -0.4 is 15.9 Å². The molecule has 5 nitrogen and oxygen atoms in total. The fourth-order valence-electron chi connectivity index (χ4n) is 2.00. The van der Waals surface area contributed by atoms with Crippen LogP contribution in [0, 0.1) is 11.6 Å². The number of benzene rings is 2. The third-order valence-corrected chi connectivity index (χ3v) is 3.92. The second kappa shape index (κ2) is 7.71. The standard InChI is InChI=1S/C17H14F2N4OS/c18-13-4-5-15(19)12(7-13)9-24-14-3-1-2-11(6-14)8-21-23-17-22-16(20)10-25-17/h1-8,10H,9,20H2,(H,22,23). The fraction of sp³-hybridized carbons (Fsp3) is 0.0588. The molecule has 1 aromatic heterocycles. The lowest BCUT2D eigenvalue weighted by Crippen LogP contribution is -1.99. The van der Waals surface area contributed by atoms with Crippen molar-refractivity contribution in [1.82, 2.24) is 4.98 Å². The summed E-state index contributed by atoms with van der Waals surface area (Å²) in [5.41, 5.74) is 9.22. The molecule has 0 saturated heterocycles. The van der Waals surface area contributed by atoms with Gasteiger partial charge < -0.3 is 10.5 Å². The number of nitrogens with two attached hydrogens (primary N) is 1. The number of anilines is 2. The normalized spacial score (nSPS) is 11.0. The van der Waals surface area contributed by atoms with E-state index in [-0.39, 0.29) is 12.2 Å². The SMILES string of the molecule is Nc1csc(NN=Cc2cccc(OCc3cc(F)ccc3F)c2)n1. The molecule has 0 fully saturated rings. The third kappa shape index (κ3) is 4.74. The molecule has 0 aliphatic carbocycles. The Hall–Kier alpha value is -3.00. The average molecular weight is 360 g/mol. The quantitative estimate of drug-likeness (QED) is 0.514. The zero-order valence-corrected chi connectivity index (χ0v) is 13.8. The van der Waals surface area contributed by atoms with Crippen molar-refractivity contribution in [3.8, 4) is 5.75 Å². The van der Waals surface area contributed by atoms with Crippen LogP contribution in [-0.4, -0.2) is 11.2 Å². The number of ether oxygens (including phenoxy) is 1. The molecule has 25 heavy (non-hydrogen) atoms. The van der Waals surface area contributed by atoms with Crippen LogP contribution in [0.1, 0.15) is 11.1 Å². The molecule has 3 N–H and O–H groups in total. The smallest absolute Gasteiger partial charge is 0.205 e. The highest BCUT2D eigenvalue weighted by atomic mass is 32.1. The molecule has 0 aliphatic heterocycles. The first-order valence-corrected chi connectivity index (χ1v) is 8.15. The Morgan fingerprint density at radius 3 is 2.92 bits per heavy atom. The number of hydrogen-bond donors (Lipinski definition) is 2. The van der Waals surface area contributed by atoms with Gasteiger partial charge in [-0.3, -0.25) is 5.43 Å². The maximum absolute atomic E-state index is 13.6. The van der Waals surface area contributed by atoms with Crippen molar-refractivity contribution < 1.29 is 13.5 Å². The molecule has 3 rings (SSSR count). The Morgan fingerprint density at radius 2 is 2.12 bits per heavy atom. The van der Waals surface area contributed by atoms with Crippen molar-refractivity contribution in [3.05, 3.63) is 70.6 Å². The minimum Gasteiger partial charge on any atom is -0.489 e. The minimum absolute atomic E-state index is 0.0686. The van der Waals surface area contributed by atoms with Crippen LogP contribution >= 0.6 is 11.3 Å². The van der Waals surface area contributed by atoms with E-state index in [1.807, 2.05) is 6.07 Å². The van der Waals surface area contributed by atoms with Crippen LogP contribution in [0.15, 0.2) is 52.9 Å². The number of hydrogen-bond acceptors (Lipinski definition) is 6. The Morgan fingerprint density at radius 1 is 1.24 bits per heavy atom. The molecular weight excluding hydrogens is 346 g/mol. The number of halogens is 2. The zero-order chi connectivity index (χ0) is 17.6. The summed E-state index contributed by atoms with van der Waals surface area (Å²) < 4.78 is 32.3. The van der Waals surface area contributed by atoms with E-state index in [1.165, 1.54) is 11.3 Å². The summed E-state index contributed by atoms with van der Waals surface area (Å²) in [5, 5.41) is 6.35. The summed E-state index contributed by atoms with van der Waals surface area (Å²) in [7, 11) is 0. The molecule has 0 spiro atoms. The molecule has 0 bridgehead atoms. The summed E-state index contributed by atoms with van der Waals surface area (Å²) in [6.45, 7) is -0.0686. The summed E-state index contributed by atoms with van der Waals surface area (Å²) in [5.74, 6) is -0.0606. The number of aromatic nitrogens is 1. The molecule has 0 atom stereocenters. The predicted molar refractivity (Wildman–Crippen MR) is 94.9 cm³/mol. The highest BCUT2D eigenvalue weighted by Gasteiger charge is 2.05. The van der Waals surface area contributed by atoms with Crippen molar-refractivity contribution in [3.63, 3.8) is 0 Å². The monoisotopic (exact) mass is 360 g/mol. The Labute approximate surface area is 146 Å². The molecule has 0 aliphatic rings. The van der Waals surface area contributed by atoms with Gasteiger partial charge in [0.25, 0.3) is 0 Å². The van der Waals surface area contributed by atoms with Gasteiger partial charge in [-0.15, -0.1) is 11.3 Å². The predicted octanol–water partition coefficient (Wildman–Crippen LogP) is 4.03. The van der Waals surface area contributed by atoms with Gasteiger partial charge in [-0.1, -0.05) is 12.1 Å². The van der Waals surface area contributed by atoms with Crippen molar-refractivity contribution in [2.24, 2.45) is 5.10 Å². The zero-order valence-electron chi connectivity index (χ0n) is 12.9. The van der Waals surface area contributed by atoms with Gasteiger partial charge in [-0.2, -0.15) is 5.10 Å². The van der Waals surface area contributed by atoms with E-state index in [0.717, 1.165) is 23.8 Å². The second-order valence-corrected chi connectivity index (χ2v) is 5.90. The van der Waals surface area contributed by atoms with E-state index < -0.39 is 11.6 Å². The highest BCUT2D eigenvalue weighted by Crippen LogP contribution is 2.18. The fourth-order valence-corrected chi connectivity index (χ4v) is 2.55. The van der Waals surface area contributed by atoms with E-state index in [1.54, 1.807) is 29.8 Å². The Kier molecular flexibility index (Phi) is 5.20. The first-order chi connectivity index (χ1) is 12.1. The molecule has 0 radical (unpaired) electrons. The summed E-state index contributed by atoms with van der Waals surface area (Å²) in [6.07, 6.45) is 1.59. The Bertz CT molecular complexity index is 898. The van der Waals surface area contributed by atoms with Gasteiger partial charge in [0.1, 0.15) is 29.8 Å². The first kappa shape index (κ1) is 16.8. The van der Waals surface area contributed by atoms with Gasteiger partial charge in [0, 0.05) is 10.9 Å². The van der Waals surface area contributed by atoms with Crippen molar-refractivity contribution in [2.45, 2.75) is 6.61 Å². The molecule has 0 saturated carbocycles. The molecule has 2 aromatic carbocycles. The third-order valence-electron chi connectivity index (χ3n) is 3.16. The van der Waals surface area contributed by atoms with Gasteiger partial charge in [0.05, 0.1) is 6.21 Å². The number of hydrazone groups is 1. The molecule has 1 heterocycles. The largest absolute Gasteiger partial charge is 0.489 e. The van der Waals surface area contributed by atoms with E-state index in [0.29, 0.717) is 16.7 Å². The second-order valence-electron chi connectivity index (χ2n) is 5.04. The summed E-state index contributed by atoms with van der Waals surface area (Å²) >= 11 is 1.34. The van der Waals surface area contributed by atoms with Crippen LogP contribution in [0.3, 0.4) is 0 Å². The van der Waals surface area contributed by atoms with Gasteiger partial charge in [-0.25, -0.2) is 13.8 Å². The highest BCUT2D eigenvalue weighted by molar-refractivity contribution is 7.14. The van der Waals surface area contributed by atoms with Crippen LogP contribution in [0.25, 0.3) is 0 Å². The lowest BCUT2D eigenvalue weighted by molar-refractivity contribution is 0.299. The number of thiazole rings is 1. The summed E-state index contributed by atoms with van der Waals surface area (Å²) in [4.78, 5) is 4.02. The maximum Gasteiger partial charge on any atom is 0.205 e. The van der Waals surface area contributed by atoms with Gasteiger partial charge in [-0.05, 0) is 35.9 Å². The summed E-state index contributed by atoms with van der Waals surface area (Å²) in [6, 6.07) is 10.3. The lowest BCUT2D eigenvalue weighted by Gasteiger charge is -2.08. The molecule has 3 aromatic rings. The van der Waals surface area contributed by atoms with Gasteiger partial charge in [0.15, 0.2) is 0 Å². The maximum atomic E-state index is 13.6. The van der Waals surface area contributed by atoms with Crippen LogP contribution in [0.2, 0.25) is 0 Å². The molecule has 8 heteroatoms. The topological polar surface area (TPSA) is 72.5 Å². The molecule has 0 unspecified atom stereocenters. The van der Waals surface area contributed by atoms with Crippen LogP contribution in [0.4, 0.5) is 19.7 Å². The lowest BCUT2D eigenvalue weighted by atomic mass is 10.2. The molecular formula is C17H14F2N4OS. The molecule has 0 amide bonds. The van der Waals surface area contributed by atoms with Gasteiger partial charge in [0.2, 0.25) is 5.13 Å². The minimum atomic E-state index is -0.508. The van der Waals surface area contributed by atoms with Crippen LogP contribution in [0.5, 0.6) is 5.75 Å². The van der Waals surface area contributed by atoms with Gasteiger partial charge >= 0.3 is 0 Å². The van der Waals surface area contributed by atoms with E-state index >= 15 is 0 Å². The van der Waals surface area contributed by atoms with Crippen molar-refractivity contribution in [1.29, 1.82) is 0 Å². The van der Waals surface area contributed by atoms with Crippen LogP contribution in [-0.2, 0) is 6.61 Å². The molecule has 128 valence electrons. The first-order valence-electron chi connectivity index (χ1n) is 7.27. The van der Waals surface area contributed by atoms with E-state index in [2.05, 4.69) is 15.5 Å². The van der Waals surface area contributed by atoms with Crippen molar-refractivity contribution >= 4 is 28.5 Å². The number of nitrogens with zero attached hydrogens (tertiary/aromatic N) is 2.